The fraction of sp³-hybridized carbons (Fsp3) is 0.118. The van der Waals surface area contributed by atoms with Crippen LogP contribution in [0.25, 0.3) is 11.0 Å². The Morgan fingerprint density at radius 1 is 1.04 bits per heavy atom. The molecule has 3 aromatic rings. The topological polar surface area (TPSA) is 51.5 Å². The van der Waals surface area contributed by atoms with Gasteiger partial charge in [-0.2, -0.15) is 0 Å². The quantitative estimate of drug-likeness (QED) is 0.772. The summed E-state index contributed by atoms with van der Waals surface area (Å²) >= 11 is 0. The van der Waals surface area contributed by atoms with E-state index < -0.39 is 6.36 Å². The number of nitrogens with one attached hydrogen (secondary N) is 1. The Hall–Kier alpha value is -2.96. The fourth-order valence-corrected chi connectivity index (χ4v) is 2.21. The second-order valence-corrected chi connectivity index (χ2v) is 5.01. The molecule has 0 aliphatic rings. The van der Waals surface area contributed by atoms with Gasteiger partial charge in [-0.1, -0.05) is 12.1 Å². The third kappa shape index (κ3) is 3.68. The second-order valence-electron chi connectivity index (χ2n) is 5.01. The predicted octanol–water partition coefficient (Wildman–Crippen LogP) is 4.30. The molecule has 0 aliphatic carbocycles. The van der Waals surface area contributed by atoms with Gasteiger partial charge in [-0.05, 0) is 36.4 Å². The van der Waals surface area contributed by atoms with E-state index in [1.807, 2.05) is 0 Å². The zero-order chi connectivity index (χ0) is 17.2. The van der Waals surface area contributed by atoms with Gasteiger partial charge in [-0.25, -0.2) is 0 Å². The molecule has 1 N–H and O–H groups in total. The molecule has 0 spiro atoms. The molecule has 0 saturated heterocycles. The third-order valence-electron chi connectivity index (χ3n) is 3.32. The van der Waals surface area contributed by atoms with Crippen LogP contribution in [0.4, 0.5) is 18.9 Å². The monoisotopic (exact) mass is 335 g/mol. The minimum absolute atomic E-state index is 0.152. The molecule has 0 amide bonds. The summed E-state index contributed by atoms with van der Waals surface area (Å²) in [7, 11) is 0. The van der Waals surface area contributed by atoms with Gasteiger partial charge in [0.2, 0.25) is 0 Å². The van der Waals surface area contributed by atoms with Crippen molar-refractivity contribution in [2.45, 2.75) is 12.9 Å². The Balaban J connectivity index is 1.72. The van der Waals surface area contributed by atoms with Crippen LogP contribution in [0, 0.1) is 0 Å². The number of hydrogen-bond acceptors (Lipinski definition) is 4. The minimum atomic E-state index is -4.72. The van der Waals surface area contributed by atoms with Gasteiger partial charge >= 0.3 is 6.36 Å². The number of fused-ring (bicyclic) bond motifs is 1. The lowest BCUT2D eigenvalue weighted by Gasteiger charge is -2.10. The molecule has 2 aromatic carbocycles. The highest BCUT2D eigenvalue weighted by Gasteiger charge is 2.30. The normalized spacial score (nSPS) is 11.5. The number of hydrogen-bond donors (Lipinski definition) is 1. The summed E-state index contributed by atoms with van der Waals surface area (Å²) in [4.78, 5) is 12.3. The molecule has 0 radical (unpaired) electrons. The van der Waals surface area contributed by atoms with E-state index in [0.717, 1.165) is 0 Å². The number of halogens is 3. The van der Waals surface area contributed by atoms with Crippen LogP contribution in [0.15, 0.2) is 64.0 Å². The molecule has 0 bridgehead atoms. The molecule has 1 aromatic heterocycles. The highest BCUT2D eigenvalue weighted by atomic mass is 19.4. The van der Waals surface area contributed by atoms with Crippen molar-refractivity contribution in [2.24, 2.45) is 0 Å². The molecule has 0 atom stereocenters. The van der Waals surface area contributed by atoms with Crippen LogP contribution in [0.5, 0.6) is 5.75 Å². The van der Waals surface area contributed by atoms with E-state index in [2.05, 4.69) is 10.1 Å². The summed E-state index contributed by atoms with van der Waals surface area (Å²) in [6, 6.07) is 12.1. The van der Waals surface area contributed by atoms with Crippen LogP contribution in [-0.2, 0) is 6.54 Å². The molecule has 3 rings (SSSR count). The molecule has 0 aliphatic heterocycles. The standard InChI is InChI=1S/C17H12F3NO3/c18-17(19,20)24-13-7-5-12(6-8-13)21-9-11-10-23-15-4-2-1-3-14(15)16(11)22/h1-8,10,21H,9H2. The molecule has 24 heavy (non-hydrogen) atoms. The van der Waals surface area contributed by atoms with Crippen molar-refractivity contribution >= 4 is 16.7 Å². The van der Waals surface area contributed by atoms with Gasteiger partial charge < -0.3 is 14.5 Å². The van der Waals surface area contributed by atoms with E-state index in [-0.39, 0.29) is 17.7 Å². The highest BCUT2D eigenvalue weighted by molar-refractivity contribution is 5.76. The Morgan fingerprint density at radius 2 is 1.75 bits per heavy atom. The molecule has 124 valence electrons. The average molecular weight is 335 g/mol. The number of rotatable bonds is 4. The van der Waals surface area contributed by atoms with Crippen molar-refractivity contribution in [3.8, 4) is 5.75 Å². The lowest BCUT2D eigenvalue weighted by Crippen LogP contribution is -2.17. The number of anilines is 1. The summed E-state index contributed by atoms with van der Waals surface area (Å²) in [5.41, 5.74) is 1.32. The average Bonchev–Trinajstić information content (AvgIpc) is 2.54. The maximum absolute atomic E-state index is 12.3. The zero-order valence-electron chi connectivity index (χ0n) is 12.3. The second kappa shape index (κ2) is 6.27. The first kappa shape index (κ1) is 15.9. The molecule has 7 heteroatoms. The Labute approximate surface area is 134 Å². The van der Waals surface area contributed by atoms with Crippen molar-refractivity contribution in [3.05, 3.63) is 70.6 Å². The van der Waals surface area contributed by atoms with Crippen LogP contribution in [0.2, 0.25) is 0 Å². The van der Waals surface area contributed by atoms with Gasteiger partial charge in [0.15, 0.2) is 5.43 Å². The maximum atomic E-state index is 12.3. The van der Waals surface area contributed by atoms with Gasteiger partial charge in [0.25, 0.3) is 0 Å². The molecular weight excluding hydrogens is 323 g/mol. The maximum Gasteiger partial charge on any atom is 0.573 e. The predicted molar refractivity (Wildman–Crippen MR) is 82.9 cm³/mol. The van der Waals surface area contributed by atoms with Crippen molar-refractivity contribution in [3.63, 3.8) is 0 Å². The third-order valence-corrected chi connectivity index (χ3v) is 3.32. The van der Waals surface area contributed by atoms with Crippen LogP contribution in [-0.4, -0.2) is 6.36 Å². The lowest BCUT2D eigenvalue weighted by molar-refractivity contribution is -0.274. The van der Waals surface area contributed by atoms with E-state index in [9.17, 15) is 18.0 Å². The largest absolute Gasteiger partial charge is 0.573 e. The summed E-state index contributed by atoms with van der Waals surface area (Å²) in [5.74, 6) is -0.307. The van der Waals surface area contributed by atoms with Crippen LogP contribution < -0.4 is 15.5 Å². The summed E-state index contributed by atoms with van der Waals surface area (Å²) < 4.78 is 45.5. The molecule has 0 fully saturated rings. The molecular formula is C17H12F3NO3. The molecule has 0 saturated carbocycles. The molecule has 0 unspecified atom stereocenters. The summed E-state index contributed by atoms with van der Waals surface area (Å²) in [5, 5.41) is 3.44. The fourth-order valence-electron chi connectivity index (χ4n) is 2.21. The Morgan fingerprint density at radius 3 is 2.46 bits per heavy atom. The smallest absolute Gasteiger partial charge is 0.464 e. The van der Waals surface area contributed by atoms with Gasteiger partial charge in [-0.15, -0.1) is 13.2 Å². The van der Waals surface area contributed by atoms with E-state index >= 15 is 0 Å². The minimum Gasteiger partial charge on any atom is -0.464 e. The van der Waals surface area contributed by atoms with Gasteiger partial charge in [0, 0.05) is 12.2 Å². The lowest BCUT2D eigenvalue weighted by atomic mass is 10.1. The van der Waals surface area contributed by atoms with Crippen molar-refractivity contribution in [1.29, 1.82) is 0 Å². The molecule has 1 heterocycles. The Kier molecular flexibility index (Phi) is 4.16. The zero-order valence-corrected chi connectivity index (χ0v) is 12.3. The number of benzene rings is 2. The summed E-state index contributed by atoms with van der Waals surface area (Å²) in [6.45, 7) is 0.187. The SMILES string of the molecule is O=c1c(CNc2ccc(OC(F)(F)F)cc2)coc2ccccc12. The van der Waals surface area contributed by atoms with Gasteiger partial charge in [0.05, 0.1) is 17.2 Å². The van der Waals surface area contributed by atoms with E-state index in [1.54, 1.807) is 24.3 Å². The van der Waals surface area contributed by atoms with Gasteiger partial charge in [-0.3, -0.25) is 4.79 Å². The molecule has 4 nitrogen and oxygen atoms in total. The van der Waals surface area contributed by atoms with E-state index in [4.69, 9.17) is 4.42 Å². The van der Waals surface area contributed by atoms with Crippen LogP contribution in [0.1, 0.15) is 5.56 Å². The number of ether oxygens (including phenoxy) is 1. The first-order valence-corrected chi connectivity index (χ1v) is 7.01. The van der Waals surface area contributed by atoms with Crippen molar-refractivity contribution in [1.82, 2.24) is 0 Å². The summed E-state index contributed by atoms with van der Waals surface area (Å²) in [6.07, 6.45) is -3.35. The van der Waals surface area contributed by atoms with E-state index in [1.165, 1.54) is 30.5 Å². The van der Waals surface area contributed by atoms with Crippen molar-refractivity contribution in [2.75, 3.05) is 5.32 Å². The number of para-hydroxylation sites is 1. The van der Waals surface area contributed by atoms with Crippen LogP contribution >= 0.6 is 0 Å². The first-order chi connectivity index (χ1) is 11.4. The van der Waals surface area contributed by atoms with Gasteiger partial charge in [0.1, 0.15) is 11.3 Å². The van der Waals surface area contributed by atoms with E-state index in [0.29, 0.717) is 22.2 Å². The Bertz CT molecular complexity index is 901. The van der Waals surface area contributed by atoms with Crippen LogP contribution in [0.3, 0.4) is 0 Å². The van der Waals surface area contributed by atoms with Crippen molar-refractivity contribution < 1.29 is 22.3 Å². The first-order valence-electron chi connectivity index (χ1n) is 7.01. The number of alkyl halides is 3. The highest BCUT2D eigenvalue weighted by Crippen LogP contribution is 2.24.